The van der Waals surface area contributed by atoms with Crippen LogP contribution in [0.1, 0.15) is 53.1 Å². The third-order valence-corrected chi connectivity index (χ3v) is 4.78. The molecule has 0 fully saturated rings. The highest BCUT2D eigenvalue weighted by atomic mass is 19.1. The van der Waals surface area contributed by atoms with Crippen LogP contribution in [0.15, 0.2) is 60.9 Å². The SMILES string of the molecule is CC(C)COC(=O)c1cccc(-c2cc(C(=O)Nc3ccncc3F)ccc2C(C)N)c1. The van der Waals surface area contributed by atoms with Crippen LogP contribution in [0.3, 0.4) is 0 Å². The number of nitrogens with zero attached hydrogens (tertiary/aromatic N) is 1. The van der Waals surface area contributed by atoms with Crippen molar-refractivity contribution in [3.8, 4) is 11.1 Å². The van der Waals surface area contributed by atoms with E-state index in [1.165, 1.54) is 12.3 Å². The van der Waals surface area contributed by atoms with Crippen LogP contribution in [-0.2, 0) is 4.74 Å². The van der Waals surface area contributed by atoms with Gasteiger partial charge in [-0.3, -0.25) is 9.78 Å². The van der Waals surface area contributed by atoms with Gasteiger partial charge in [-0.15, -0.1) is 0 Å². The van der Waals surface area contributed by atoms with E-state index in [9.17, 15) is 14.0 Å². The molecule has 0 aliphatic heterocycles. The minimum atomic E-state index is -0.624. The fourth-order valence-electron chi connectivity index (χ4n) is 3.16. The summed E-state index contributed by atoms with van der Waals surface area (Å²) in [5, 5.41) is 2.55. The van der Waals surface area contributed by atoms with Gasteiger partial charge in [0.15, 0.2) is 5.82 Å². The lowest BCUT2D eigenvalue weighted by atomic mass is 9.92. The van der Waals surface area contributed by atoms with Crippen LogP contribution in [0.5, 0.6) is 0 Å². The maximum atomic E-state index is 13.9. The van der Waals surface area contributed by atoms with Crippen LogP contribution in [0.4, 0.5) is 10.1 Å². The van der Waals surface area contributed by atoms with Gasteiger partial charge in [0.1, 0.15) is 0 Å². The van der Waals surface area contributed by atoms with Crippen molar-refractivity contribution in [1.82, 2.24) is 4.98 Å². The molecule has 3 rings (SSSR count). The van der Waals surface area contributed by atoms with Crippen LogP contribution < -0.4 is 11.1 Å². The maximum absolute atomic E-state index is 13.9. The van der Waals surface area contributed by atoms with Crippen LogP contribution in [-0.4, -0.2) is 23.5 Å². The van der Waals surface area contributed by atoms with Gasteiger partial charge < -0.3 is 15.8 Å². The van der Waals surface area contributed by atoms with E-state index in [1.54, 1.807) is 36.4 Å². The van der Waals surface area contributed by atoms with Crippen LogP contribution in [0.2, 0.25) is 0 Å². The largest absolute Gasteiger partial charge is 0.462 e. The predicted octanol–water partition coefficient (Wildman–Crippen LogP) is 4.97. The Morgan fingerprint density at radius 2 is 1.88 bits per heavy atom. The number of halogens is 1. The molecule has 0 aliphatic carbocycles. The van der Waals surface area contributed by atoms with E-state index in [2.05, 4.69) is 10.3 Å². The molecule has 1 aromatic heterocycles. The van der Waals surface area contributed by atoms with Gasteiger partial charge in [-0.2, -0.15) is 0 Å². The molecular weight excluding hydrogens is 409 g/mol. The molecule has 6 nitrogen and oxygen atoms in total. The summed E-state index contributed by atoms with van der Waals surface area (Å²) in [5.41, 5.74) is 9.17. The Morgan fingerprint density at radius 1 is 1.09 bits per heavy atom. The maximum Gasteiger partial charge on any atom is 0.338 e. The molecule has 2 aromatic carbocycles. The number of ether oxygens (including phenoxy) is 1. The number of carbonyl (C=O) groups excluding carboxylic acids is 2. The first-order valence-corrected chi connectivity index (χ1v) is 10.3. The van der Waals surface area contributed by atoms with Crippen molar-refractivity contribution in [1.29, 1.82) is 0 Å². The lowest BCUT2D eigenvalue weighted by molar-refractivity contribution is 0.0459. The first-order valence-electron chi connectivity index (χ1n) is 10.3. The van der Waals surface area contributed by atoms with Crippen molar-refractivity contribution in [3.63, 3.8) is 0 Å². The third kappa shape index (κ3) is 5.56. The van der Waals surface area contributed by atoms with Crippen LogP contribution >= 0.6 is 0 Å². The predicted molar refractivity (Wildman–Crippen MR) is 122 cm³/mol. The molecule has 7 heteroatoms. The second kappa shape index (κ2) is 10.2. The number of carbonyl (C=O) groups is 2. The number of amides is 1. The van der Waals surface area contributed by atoms with Gasteiger partial charge in [0.2, 0.25) is 0 Å². The Hall–Kier alpha value is -3.58. The zero-order valence-electron chi connectivity index (χ0n) is 18.3. The Bertz CT molecular complexity index is 1130. The topological polar surface area (TPSA) is 94.3 Å². The van der Waals surface area contributed by atoms with Crippen molar-refractivity contribution < 1.29 is 18.7 Å². The van der Waals surface area contributed by atoms with Crippen LogP contribution in [0.25, 0.3) is 11.1 Å². The summed E-state index contributed by atoms with van der Waals surface area (Å²) in [6, 6.07) is 13.2. The molecule has 32 heavy (non-hydrogen) atoms. The summed E-state index contributed by atoms with van der Waals surface area (Å²) in [5.74, 6) is -1.28. The molecule has 1 atom stereocenters. The lowest BCUT2D eigenvalue weighted by Crippen LogP contribution is -2.14. The second-order valence-corrected chi connectivity index (χ2v) is 7.97. The summed E-state index contributed by atoms with van der Waals surface area (Å²) in [6.45, 7) is 6.10. The summed E-state index contributed by atoms with van der Waals surface area (Å²) in [6.07, 6.45) is 2.43. The number of nitrogens with one attached hydrogen (secondary N) is 1. The molecule has 3 N–H and O–H groups in total. The van der Waals surface area contributed by atoms with Crippen LogP contribution in [0, 0.1) is 11.7 Å². The average Bonchev–Trinajstić information content (AvgIpc) is 2.78. The Balaban J connectivity index is 1.95. The molecule has 0 spiro atoms. The first-order chi connectivity index (χ1) is 15.3. The summed E-state index contributed by atoms with van der Waals surface area (Å²) in [4.78, 5) is 28.8. The molecule has 1 amide bonds. The molecular formula is C25H26FN3O3. The fourth-order valence-corrected chi connectivity index (χ4v) is 3.16. The van der Waals surface area contributed by atoms with Gasteiger partial charge in [0.05, 0.1) is 24.1 Å². The molecule has 0 bridgehead atoms. The monoisotopic (exact) mass is 435 g/mol. The van der Waals surface area contributed by atoms with Gasteiger partial charge in [-0.1, -0.05) is 32.0 Å². The molecule has 166 valence electrons. The number of nitrogens with two attached hydrogens (primary N) is 1. The number of hydrogen-bond donors (Lipinski definition) is 2. The minimum absolute atomic E-state index is 0.0396. The van der Waals surface area contributed by atoms with Gasteiger partial charge >= 0.3 is 5.97 Å². The second-order valence-electron chi connectivity index (χ2n) is 7.97. The van der Waals surface area contributed by atoms with Crippen molar-refractivity contribution in [2.24, 2.45) is 11.7 Å². The quantitative estimate of drug-likeness (QED) is 0.511. The summed E-state index contributed by atoms with van der Waals surface area (Å²) < 4.78 is 19.2. The van der Waals surface area contributed by atoms with Gasteiger partial charge in [0, 0.05) is 17.8 Å². The van der Waals surface area contributed by atoms with Crippen molar-refractivity contribution in [2.45, 2.75) is 26.8 Å². The molecule has 0 aliphatic rings. The highest BCUT2D eigenvalue weighted by Crippen LogP contribution is 2.30. The Labute approximate surface area is 186 Å². The van der Waals surface area contributed by atoms with E-state index >= 15 is 0 Å². The number of anilines is 1. The van der Waals surface area contributed by atoms with Gasteiger partial charge in [-0.25, -0.2) is 9.18 Å². The van der Waals surface area contributed by atoms with E-state index in [0.717, 1.165) is 17.3 Å². The fraction of sp³-hybridized carbons (Fsp3) is 0.240. The van der Waals surface area contributed by atoms with E-state index in [-0.39, 0.29) is 17.6 Å². The molecule has 0 saturated heterocycles. The lowest BCUT2D eigenvalue weighted by Gasteiger charge is -2.16. The molecule has 1 heterocycles. The molecule has 1 unspecified atom stereocenters. The zero-order valence-corrected chi connectivity index (χ0v) is 18.3. The normalized spacial score (nSPS) is 11.8. The number of benzene rings is 2. The number of rotatable bonds is 7. The van der Waals surface area contributed by atoms with E-state index in [0.29, 0.717) is 23.3 Å². The Morgan fingerprint density at radius 3 is 2.56 bits per heavy atom. The van der Waals surface area contributed by atoms with E-state index in [1.807, 2.05) is 26.8 Å². The van der Waals surface area contributed by atoms with Crippen molar-refractivity contribution >= 4 is 17.6 Å². The number of aromatic nitrogens is 1. The molecule has 3 aromatic rings. The summed E-state index contributed by atoms with van der Waals surface area (Å²) >= 11 is 0. The van der Waals surface area contributed by atoms with Crippen molar-refractivity contribution in [2.75, 3.05) is 11.9 Å². The minimum Gasteiger partial charge on any atom is -0.462 e. The van der Waals surface area contributed by atoms with E-state index in [4.69, 9.17) is 10.5 Å². The molecule has 0 radical (unpaired) electrons. The smallest absolute Gasteiger partial charge is 0.338 e. The highest BCUT2D eigenvalue weighted by molar-refractivity contribution is 6.05. The number of pyridine rings is 1. The first kappa shape index (κ1) is 23.1. The summed E-state index contributed by atoms with van der Waals surface area (Å²) in [7, 11) is 0. The third-order valence-electron chi connectivity index (χ3n) is 4.78. The van der Waals surface area contributed by atoms with Gasteiger partial charge in [-0.05, 0) is 59.9 Å². The van der Waals surface area contributed by atoms with Crippen molar-refractivity contribution in [3.05, 3.63) is 83.4 Å². The number of esters is 1. The van der Waals surface area contributed by atoms with Gasteiger partial charge in [0.25, 0.3) is 5.91 Å². The molecule has 0 saturated carbocycles. The highest BCUT2D eigenvalue weighted by Gasteiger charge is 2.16. The average molecular weight is 435 g/mol. The standard InChI is InChI=1S/C25H26FN3O3/c1-15(2)14-32-25(31)19-6-4-5-17(11-19)21-12-18(7-8-20(21)16(3)27)24(30)29-23-9-10-28-13-22(23)26/h4-13,15-16H,14,27H2,1-3H3,(H,28,29,30). The Kier molecular flexibility index (Phi) is 7.33. The zero-order chi connectivity index (χ0) is 23.3. The van der Waals surface area contributed by atoms with E-state index < -0.39 is 17.7 Å². The number of hydrogen-bond acceptors (Lipinski definition) is 5.